The standard InChI is InChI=1S/C24H28N6O2S.C22H25N5OS/c1-29-11-13-30(14-12-29)24-26-16-21(23(28-24)32-17-18-5-3-2-4-6-18)33-20-9-7-19(8-10-20)27-22(31)15-25;1-26-11-13-27(14-12-26)22-24-15-20(29-19-9-7-18(23)8-10-19)21(25-22)28-16-17-5-3-2-4-6-17/h2-10,16H,11-15,17,25H2,1H3,(H,27,31);2-10,15H,11-14,16,23H2,1H3. The first-order chi connectivity index (χ1) is 30.3. The fraction of sp³-hybridized carbons (Fsp3) is 0.283. The van der Waals surface area contributed by atoms with Gasteiger partial charge in [-0.05, 0) is 73.8 Å². The second-order valence-corrected chi connectivity index (χ2v) is 17.1. The smallest absolute Gasteiger partial charge is 0.238 e. The molecule has 2 aliphatic rings. The lowest BCUT2D eigenvalue weighted by Gasteiger charge is -2.32. The van der Waals surface area contributed by atoms with Crippen LogP contribution in [0.1, 0.15) is 11.1 Å². The maximum Gasteiger partial charge on any atom is 0.238 e. The molecule has 2 fully saturated rings. The summed E-state index contributed by atoms with van der Waals surface area (Å²) in [6.45, 7) is 8.42. The molecule has 6 aromatic rings. The third kappa shape index (κ3) is 13.0. The SMILES string of the molecule is CN1CCN(c2ncc(Sc3ccc(N)cc3)c(OCc3ccccc3)n2)CC1.CN1CCN(c2ncc(Sc3ccc(NC(=O)CN)cc3)c(OCc3ccccc3)n2)CC1. The molecule has 0 bridgehead atoms. The van der Waals surface area contributed by atoms with Gasteiger partial charge in [0.05, 0.1) is 28.7 Å². The van der Waals surface area contributed by atoms with E-state index in [4.69, 9.17) is 30.9 Å². The Morgan fingerprint density at radius 1 is 0.613 bits per heavy atom. The van der Waals surface area contributed by atoms with E-state index in [1.54, 1.807) is 11.8 Å². The minimum atomic E-state index is -0.222. The van der Waals surface area contributed by atoms with E-state index in [0.29, 0.717) is 36.6 Å². The average molecular weight is 872 g/mol. The van der Waals surface area contributed by atoms with Gasteiger partial charge in [-0.15, -0.1) is 0 Å². The van der Waals surface area contributed by atoms with E-state index in [0.717, 1.165) is 94.7 Å². The summed E-state index contributed by atoms with van der Waals surface area (Å²) in [4.78, 5) is 43.1. The van der Waals surface area contributed by atoms with E-state index in [1.807, 2.05) is 109 Å². The Hall–Kier alpha value is -5.91. The van der Waals surface area contributed by atoms with Gasteiger partial charge in [0.25, 0.3) is 0 Å². The number of nitrogens with two attached hydrogens (primary N) is 2. The topological polar surface area (TPSA) is 164 Å². The van der Waals surface area contributed by atoms with Crippen LogP contribution in [0.15, 0.2) is 141 Å². The molecule has 2 aliphatic heterocycles. The fourth-order valence-electron chi connectivity index (χ4n) is 6.42. The average Bonchev–Trinajstić information content (AvgIpc) is 3.31. The normalized spacial score (nSPS) is 14.4. The molecule has 8 rings (SSSR count). The van der Waals surface area contributed by atoms with Gasteiger partial charge in [0.1, 0.15) is 13.2 Å². The molecule has 0 spiro atoms. The second kappa shape index (κ2) is 22.3. The molecular formula is C46H53N11O3S2. The first-order valence-corrected chi connectivity index (χ1v) is 22.2. The van der Waals surface area contributed by atoms with Crippen LogP contribution in [0.3, 0.4) is 0 Å². The first-order valence-electron chi connectivity index (χ1n) is 20.5. The number of hydrogen-bond acceptors (Lipinski definition) is 15. The van der Waals surface area contributed by atoms with Crippen LogP contribution in [0.2, 0.25) is 0 Å². The van der Waals surface area contributed by atoms with Gasteiger partial charge in [0.15, 0.2) is 0 Å². The van der Waals surface area contributed by atoms with Crippen LogP contribution in [0.25, 0.3) is 0 Å². The highest BCUT2D eigenvalue weighted by atomic mass is 32.2. The summed E-state index contributed by atoms with van der Waals surface area (Å²) < 4.78 is 12.3. The number of likely N-dealkylation sites (N-methyl/N-ethyl adjacent to an activating group) is 2. The number of rotatable bonds is 14. The molecule has 322 valence electrons. The fourth-order valence-corrected chi connectivity index (χ4v) is 8.06. The van der Waals surface area contributed by atoms with Crippen LogP contribution in [0.5, 0.6) is 11.8 Å². The summed E-state index contributed by atoms with van der Waals surface area (Å²) in [6.07, 6.45) is 3.69. The number of ether oxygens (including phenoxy) is 2. The number of nitrogens with zero attached hydrogens (tertiary/aromatic N) is 8. The second-order valence-electron chi connectivity index (χ2n) is 14.9. The van der Waals surface area contributed by atoms with Gasteiger partial charge in [0.2, 0.25) is 29.6 Å². The summed E-state index contributed by atoms with van der Waals surface area (Å²) in [7, 11) is 4.26. The van der Waals surface area contributed by atoms with Crippen molar-refractivity contribution in [1.29, 1.82) is 0 Å². The number of nitrogens with one attached hydrogen (secondary N) is 1. The Morgan fingerprint density at radius 2 is 1.03 bits per heavy atom. The van der Waals surface area contributed by atoms with Crippen molar-refractivity contribution in [3.8, 4) is 11.8 Å². The summed E-state index contributed by atoms with van der Waals surface area (Å²) >= 11 is 3.11. The molecule has 16 heteroatoms. The van der Waals surface area contributed by atoms with Gasteiger partial charge in [-0.3, -0.25) is 4.79 Å². The van der Waals surface area contributed by atoms with Gasteiger partial charge in [0, 0.05) is 73.5 Å². The Balaban J connectivity index is 0.000000188. The molecule has 0 atom stereocenters. The Kier molecular flexibility index (Phi) is 15.9. The van der Waals surface area contributed by atoms with E-state index in [2.05, 4.69) is 61.1 Å². The number of nitrogen functional groups attached to an aromatic ring is 1. The van der Waals surface area contributed by atoms with Crippen molar-refractivity contribution in [3.05, 3.63) is 133 Å². The van der Waals surface area contributed by atoms with Crippen LogP contribution in [-0.2, 0) is 18.0 Å². The van der Waals surface area contributed by atoms with Crippen LogP contribution in [-0.4, -0.2) is 109 Å². The lowest BCUT2D eigenvalue weighted by atomic mass is 10.2. The van der Waals surface area contributed by atoms with Gasteiger partial charge in [-0.1, -0.05) is 84.2 Å². The molecule has 14 nitrogen and oxygen atoms in total. The van der Waals surface area contributed by atoms with Gasteiger partial charge < -0.3 is 45.9 Å². The summed E-state index contributed by atoms with van der Waals surface area (Å²) in [5.74, 6) is 2.37. The number of carbonyl (C=O) groups excluding carboxylic acids is 1. The number of hydrogen-bond donors (Lipinski definition) is 3. The highest BCUT2D eigenvalue weighted by Crippen LogP contribution is 2.37. The molecule has 0 radical (unpaired) electrons. The molecule has 2 saturated heterocycles. The highest BCUT2D eigenvalue weighted by Gasteiger charge is 2.21. The van der Waals surface area contributed by atoms with Crippen molar-refractivity contribution in [3.63, 3.8) is 0 Å². The third-order valence-corrected chi connectivity index (χ3v) is 12.1. The number of benzene rings is 4. The predicted molar refractivity (Wildman–Crippen MR) is 248 cm³/mol. The van der Waals surface area contributed by atoms with Crippen molar-refractivity contribution in [2.45, 2.75) is 32.8 Å². The zero-order valence-electron chi connectivity index (χ0n) is 35.1. The lowest BCUT2D eigenvalue weighted by Crippen LogP contribution is -2.45. The quantitative estimate of drug-likeness (QED) is 0.103. The van der Waals surface area contributed by atoms with E-state index in [9.17, 15) is 4.79 Å². The van der Waals surface area contributed by atoms with Crippen molar-refractivity contribution in [1.82, 2.24) is 29.7 Å². The predicted octanol–water partition coefficient (Wildman–Crippen LogP) is 6.40. The molecule has 1 amide bonds. The monoisotopic (exact) mass is 871 g/mol. The van der Waals surface area contributed by atoms with Gasteiger partial charge >= 0.3 is 0 Å². The zero-order valence-corrected chi connectivity index (χ0v) is 36.7. The van der Waals surface area contributed by atoms with E-state index in [1.165, 1.54) is 11.8 Å². The molecule has 0 aliphatic carbocycles. The zero-order chi connectivity index (χ0) is 43.1. The number of anilines is 4. The van der Waals surface area contributed by atoms with Gasteiger partial charge in [-0.25, -0.2) is 9.97 Å². The van der Waals surface area contributed by atoms with Crippen molar-refractivity contribution >= 4 is 52.7 Å². The maximum absolute atomic E-state index is 11.5. The van der Waals surface area contributed by atoms with Crippen molar-refractivity contribution in [2.24, 2.45) is 5.73 Å². The summed E-state index contributed by atoms with van der Waals surface area (Å²) in [5.41, 5.74) is 14.8. The molecule has 4 aromatic carbocycles. The highest BCUT2D eigenvalue weighted by molar-refractivity contribution is 7.99. The van der Waals surface area contributed by atoms with E-state index < -0.39 is 0 Å². The van der Waals surface area contributed by atoms with Crippen LogP contribution >= 0.6 is 23.5 Å². The van der Waals surface area contributed by atoms with E-state index >= 15 is 0 Å². The Labute approximate surface area is 372 Å². The molecular weight excluding hydrogens is 819 g/mol. The molecule has 0 unspecified atom stereocenters. The molecule has 4 heterocycles. The Morgan fingerprint density at radius 3 is 1.45 bits per heavy atom. The van der Waals surface area contributed by atoms with Crippen molar-refractivity contribution < 1.29 is 14.3 Å². The third-order valence-electron chi connectivity index (χ3n) is 10.1. The van der Waals surface area contributed by atoms with E-state index in [-0.39, 0.29) is 12.5 Å². The number of amides is 1. The molecule has 5 N–H and O–H groups in total. The molecule has 62 heavy (non-hydrogen) atoms. The minimum absolute atomic E-state index is 0.0460. The summed E-state index contributed by atoms with van der Waals surface area (Å²) in [5, 5.41) is 2.75. The van der Waals surface area contributed by atoms with Gasteiger partial charge in [-0.2, -0.15) is 9.97 Å². The number of carbonyl (C=O) groups is 1. The molecule has 2 aromatic heterocycles. The van der Waals surface area contributed by atoms with Crippen LogP contribution in [0, 0.1) is 0 Å². The minimum Gasteiger partial charge on any atom is -0.472 e. The Bertz CT molecular complexity index is 2310. The summed E-state index contributed by atoms with van der Waals surface area (Å²) in [6, 6.07) is 35.5. The lowest BCUT2D eigenvalue weighted by molar-refractivity contribution is -0.114. The largest absolute Gasteiger partial charge is 0.472 e. The van der Waals surface area contributed by atoms with Crippen molar-refractivity contribution in [2.75, 3.05) is 93.8 Å². The van der Waals surface area contributed by atoms with Crippen LogP contribution in [0.4, 0.5) is 23.3 Å². The molecule has 0 saturated carbocycles. The maximum atomic E-state index is 11.5. The van der Waals surface area contributed by atoms with Crippen LogP contribution < -0.4 is 36.1 Å². The number of piperazine rings is 2. The first kappa shape index (κ1) is 44.2. The number of aromatic nitrogens is 4.